The molecule has 0 saturated heterocycles. The Bertz CT molecular complexity index is 1040. The van der Waals surface area contributed by atoms with Crippen LogP contribution >= 0.6 is 0 Å². The molecule has 0 aromatic heterocycles. The quantitative estimate of drug-likeness (QED) is 0.459. The third-order valence-electron chi connectivity index (χ3n) is 4.99. The van der Waals surface area contributed by atoms with Gasteiger partial charge in [0.1, 0.15) is 17.2 Å². The van der Waals surface area contributed by atoms with E-state index in [0.29, 0.717) is 17.0 Å². The number of phenolic OH excluding ortho intramolecular Hbond substituents is 1. The number of hydrogen-bond donors (Lipinski definition) is 1. The molecule has 3 rings (SSSR count). The smallest absolute Gasteiger partial charge is 0.153 e. The Hall–Kier alpha value is -3.07. The van der Waals surface area contributed by atoms with Crippen LogP contribution in [0.5, 0.6) is 17.2 Å². The number of para-hydroxylation sites is 3. The van der Waals surface area contributed by atoms with Gasteiger partial charge in [0.15, 0.2) is 5.75 Å². The summed E-state index contributed by atoms with van der Waals surface area (Å²) in [5.74, 6) is 1.70. The van der Waals surface area contributed by atoms with Crippen molar-refractivity contribution in [2.45, 2.75) is 52.4 Å². The minimum absolute atomic E-state index is 0.0371. The summed E-state index contributed by atoms with van der Waals surface area (Å²) in [5.41, 5.74) is 3.29. The van der Waals surface area contributed by atoms with Gasteiger partial charge in [0.2, 0.25) is 0 Å². The van der Waals surface area contributed by atoms with Gasteiger partial charge >= 0.3 is 0 Å². The Morgan fingerprint density at radius 1 is 0.800 bits per heavy atom. The molecule has 0 unspecified atom stereocenters. The summed E-state index contributed by atoms with van der Waals surface area (Å²) in [6.07, 6.45) is 1.73. The van der Waals surface area contributed by atoms with Crippen LogP contribution in [0.15, 0.2) is 71.7 Å². The van der Waals surface area contributed by atoms with Crippen LogP contribution in [0.3, 0.4) is 0 Å². The van der Waals surface area contributed by atoms with Crippen molar-refractivity contribution in [2.24, 2.45) is 4.99 Å². The van der Waals surface area contributed by atoms with Crippen LogP contribution in [-0.2, 0) is 10.8 Å². The summed E-state index contributed by atoms with van der Waals surface area (Å²) in [4.78, 5) is 4.67. The van der Waals surface area contributed by atoms with E-state index in [1.807, 2.05) is 60.7 Å². The van der Waals surface area contributed by atoms with Crippen molar-refractivity contribution in [2.75, 3.05) is 0 Å². The van der Waals surface area contributed by atoms with Crippen molar-refractivity contribution in [3.63, 3.8) is 0 Å². The van der Waals surface area contributed by atoms with Gasteiger partial charge in [0.25, 0.3) is 0 Å². The molecule has 30 heavy (non-hydrogen) atoms. The fourth-order valence-corrected chi connectivity index (χ4v) is 3.16. The zero-order chi connectivity index (χ0) is 21.9. The molecule has 1 N–H and O–H groups in total. The minimum Gasteiger partial charge on any atom is -0.507 e. The average molecular weight is 402 g/mol. The van der Waals surface area contributed by atoms with Gasteiger partial charge in [-0.1, -0.05) is 77.9 Å². The van der Waals surface area contributed by atoms with Gasteiger partial charge in [-0.2, -0.15) is 0 Å². The topological polar surface area (TPSA) is 41.8 Å². The summed E-state index contributed by atoms with van der Waals surface area (Å²) in [5, 5.41) is 11.0. The van der Waals surface area contributed by atoms with E-state index >= 15 is 0 Å². The van der Waals surface area contributed by atoms with Gasteiger partial charge in [-0.3, -0.25) is 4.99 Å². The zero-order valence-corrected chi connectivity index (χ0v) is 18.7. The average Bonchev–Trinajstić information content (AvgIpc) is 2.67. The second-order valence-electron chi connectivity index (χ2n) is 9.60. The highest BCUT2D eigenvalue weighted by atomic mass is 16.5. The maximum Gasteiger partial charge on any atom is 0.153 e. The van der Waals surface area contributed by atoms with Crippen molar-refractivity contribution < 1.29 is 9.84 Å². The predicted octanol–water partition coefficient (Wildman–Crippen LogP) is 7.53. The molecule has 0 heterocycles. The lowest BCUT2D eigenvalue weighted by Gasteiger charge is -2.27. The van der Waals surface area contributed by atoms with Crippen LogP contribution in [0.2, 0.25) is 0 Å². The van der Waals surface area contributed by atoms with Crippen LogP contribution in [-0.4, -0.2) is 11.3 Å². The molecule has 0 bridgehead atoms. The third kappa shape index (κ3) is 5.10. The summed E-state index contributed by atoms with van der Waals surface area (Å²) in [6, 6.07) is 21.4. The molecule has 0 aliphatic carbocycles. The van der Waals surface area contributed by atoms with E-state index in [1.165, 1.54) is 5.56 Å². The molecule has 0 radical (unpaired) electrons. The maximum absolute atomic E-state index is 11.0. The van der Waals surface area contributed by atoms with Crippen molar-refractivity contribution in [3.8, 4) is 17.2 Å². The van der Waals surface area contributed by atoms with E-state index in [-0.39, 0.29) is 16.6 Å². The van der Waals surface area contributed by atoms with E-state index in [9.17, 15) is 5.11 Å². The Balaban J connectivity index is 2.03. The number of aliphatic imine (C=N–C) groups is 1. The van der Waals surface area contributed by atoms with E-state index in [0.717, 1.165) is 11.3 Å². The number of benzene rings is 3. The molecular weight excluding hydrogens is 370 g/mol. The Morgan fingerprint density at radius 2 is 1.43 bits per heavy atom. The highest BCUT2D eigenvalue weighted by Crippen LogP contribution is 2.38. The molecule has 3 aromatic rings. The first-order valence-electron chi connectivity index (χ1n) is 10.3. The highest BCUT2D eigenvalue weighted by Gasteiger charge is 2.24. The zero-order valence-electron chi connectivity index (χ0n) is 18.7. The molecule has 3 nitrogen and oxygen atoms in total. The second kappa shape index (κ2) is 8.35. The summed E-state index contributed by atoms with van der Waals surface area (Å²) in [7, 11) is 0. The summed E-state index contributed by atoms with van der Waals surface area (Å²) in [6.45, 7) is 12.9. The van der Waals surface area contributed by atoms with E-state index in [1.54, 1.807) is 6.21 Å². The molecule has 3 heteroatoms. The maximum atomic E-state index is 11.0. The highest BCUT2D eigenvalue weighted by molar-refractivity contribution is 5.87. The van der Waals surface area contributed by atoms with Gasteiger partial charge in [0.05, 0.1) is 0 Å². The fraction of sp³-hybridized carbons (Fsp3) is 0.296. The van der Waals surface area contributed by atoms with Crippen LogP contribution < -0.4 is 4.74 Å². The molecule has 0 aliphatic heterocycles. The lowest BCUT2D eigenvalue weighted by molar-refractivity contribution is 0.444. The van der Waals surface area contributed by atoms with Crippen molar-refractivity contribution in [3.05, 3.63) is 83.4 Å². The first-order valence-corrected chi connectivity index (χ1v) is 10.3. The third-order valence-corrected chi connectivity index (χ3v) is 4.99. The monoisotopic (exact) mass is 401 g/mol. The number of aromatic hydroxyl groups is 1. The van der Waals surface area contributed by atoms with Gasteiger partial charge in [-0.15, -0.1) is 0 Å². The lowest BCUT2D eigenvalue weighted by atomic mass is 9.79. The molecule has 0 fully saturated rings. The van der Waals surface area contributed by atoms with Crippen LogP contribution in [0.1, 0.15) is 58.2 Å². The van der Waals surface area contributed by atoms with Gasteiger partial charge in [0, 0.05) is 17.3 Å². The van der Waals surface area contributed by atoms with Crippen molar-refractivity contribution in [1.82, 2.24) is 0 Å². The van der Waals surface area contributed by atoms with Crippen molar-refractivity contribution in [1.29, 1.82) is 0 Å². The largest absolute Gasteiger partial charge is 0.507 e. The van der Waals surface area contributed by atoms with Crippen LogP contribution in [0, 0.1) is 0 Å². The lowest BCUT2D eigenvalue weighted by Crippen LogP contribution is -2.17. The molecular formula is C27H31NO2. The van der Waals surface area contributed by atoms with Crippen LogP contribution in [0.25, 0.3) is 0 Å². The first-order chi connectivity index (χ1) is 14.1. The Kier molecular flexibility index (Phi) is 6.02. The molecule has 0 amide bonds. The molecule has 0 spiro atoms. The number of rotatable bonds is 4. The summed E-state index contributed by atoms with van der Waals surface area (Å²) >= 11 is 0. The SMILES string of the molecule is CC(C)(C)c1cc(C=Nc2ccccc2Oc2ccccc2)c(O)c(C(C)(C)C)c1. The standard InChI is InChI=1S/C27H31NO2/c1-26(2,3)20-16-19(25(29)22(17-20)27(4,5)6)18-28-23-14-10-11-15-24(23)30-21-12-8-7-9-13-21/h7-18,29H,1-6H3. The number of phenols is 1. The normalized spacial score (nSPS) is 12.3. The van der Waals surface area contributed by atoms with E-state index in [4.69, 9.17) is 4.74 Å². The molecule has 3 aromatic carbocycles. The Morgan fingerprint density at radius 3 is 2.07 bits per heavy atom. The molecule has 0 saturated carbocycles. The number of nitrogens with zero attached hydrogens (tertiary/aromatic N) is 1. The second-order valence-corrected chi connectivity index (χ2v) is 9.60. The van der Waals surface area contributed by atoms with Gasteiger partial charge in [-0.25, -0.2) is 0 Å². The van der Waals surface area contributed by atoms with Gasteiger partial charge in [-0.05, 0) is 46.7 Å². The number of hydrogen-bond acceptors (Lipinski definition) is 3. The van der Waals surface area contributed by atoms with Crippen molar-refractivity contribution >= 4 is 11.9 Å². The molecule has 0 atom stereocenters. The predicted molar refractivity (Wildman–Crippen MR) is 126 cm³/mol. The first kappa shape index (κ1) is 21.6. The van der Waals surface area contributed by atoms with E-state index < -0.39 is 0 Å². The number of ether oxygens (including phenoxy) is 1. The summed E-state index contributed by atoms with van der Waals surface area (Å²) < 4.78 is 6.01. The molecule has 0 aliphatic rings. The van der Waals surface area contributed by atoms with Crippen LogP contribution in [0.4, 0.5) is 5.69 Å². The fourth-order valence-electron chi connectivity index (χ4n) is 3.16. The molecule has 156 valence electrons. The minimum atomic E-state index is -0.178. The Labute approximate surface area is 180 Å². The van der Waals surface area contributed by atoms with E-state index in [2.05, 4.69) is 52.6 Å². The van der Waals surface area contributed by atoms with Gasteiger partial charge < -0.3 is 9.84 Å².